The van der Waals surface area contributed by atoms with Crippen molar-refractivity contribution in [3.8, 4) is 0 Å². The van der Waals surface area contributed by atoms with Gasteiger partial charge in [-0.15, -0.1) is 5.10 Å². The number of nitrogens with zero attached hydrogens (tertiary/aromatic N) is 2. The van der Waals surface area contributed by atoms with Gasteiger partial charge in [-0.3, -0.25) is 0 Å². The quantitative estimate of drug-likeness (QED) is 0.278. The Hall–Kier alpha value is -2.11. The minimum atomic E-state index is 0.457. The van der Waals surface area contributed by atoms with Crippen LogP contribution in [0.1, 0.15) is 42.9 Å². The van der Waals surface area contributed by atoms with Gasteiger partial charge >= 0.3 is 0 Å². The van der Waals surface area contributed by atoms with Crippen LogP contribution >= 0.6 is 11.8 Å². The standard InChI is InChI=1S/C21H27N3OS/c1-2-3-9-14-25-16-20-13-8-7-12-19(20)15-23-24-21(22)26-17-18-10-5-4-6-11-18/h4-8,10-13,15H,2-3,9,14,16-17H2,1H3,(H2,22,24). The van der Waals surface area contributed by atoms with E-state index in [4.69, 9.17) is 10.5 Å². The molecule has 0 aliphatic rings. The van der Waals surface area contributed by atoms with Gasteiger partial charge in [0.25, 0.3) is 0 Å². The zero-order valence-electron chi connectivity index (χ0n) is 15.3. The van der Waals surface area contributed by atoms with Crippen LogP contribution in [0.3, 0.4) is 0 Å². The SMILES string of the molecule is CCCCCOCc1ccccc1C=NN=C(N)SCc1ccccc1. The van der Waals surface area contributed by atoms with Gasteiger partial charge in [-0.2, -0.15) is 5.10 Å². The van der Waals surface area contributed by atoms with E-state index < -0.39 is 0 Å². The number of nitrogens with two attached hydrogens (primary N) is 1. The van der Waals surface area contributed by atoms with E-state index in [1.54, 1.807) is 6.21 Å². The number of hydrogen-bond donors (Lipinski definition) is 1. The molecule has 0 aromatic heterocycles. The first-order chi connectivity index (χ1) is 12.8. The average Bonchev–Trinajstić information content (AvgIpc) is 2.68. The van der Waals surface area contributed by atoms with Crippen molar-refractivity contribution in [2.75, 3.05) is 6.61 Å². The summed E-state index contributed by atoms with van der Waals surface area (Å²) in [6.07, 6.45) is 5.25. The predicted octanol–water partition coefficient (Wildman–Crippen LogP) is 4.98. The molecule has 0 bridgehead atoms. The van der Waals surface area contributed by atoms with Crippen LogP contribution in [-0.4, -0.2) is 18.0 Å². The lowest BCUT2D eigenvalue weighted by molar-refractivity contribution is 0.117. The predicted molar refractivity (Wildman–Crippen MR) is 113 cm³/mol. The normalized spacial score (nSPS) is 12.0. The minimum Gasteiger partial charge on any atom is -0.377 e. The average molecular weight is 370 g/mol. The van der Waals surface area contributed by atoms with Crippen molar-refractivity contribution in [3.05, 3.63) is 71.3 Å². The molecule has 0 radical (unpaired) electrons. The molecule has 2 aromatic carbocycles. The van der Waals surface area contributed by atoms with Crippen LogP contribution in [0, 0.1) is 0 Å². The molecule has 0 unspecified atom stereocenters. The van der Waals surface area contributed by atoms with Crippen molar-refractivity contribution >= 4 is 23.1 Å². The zero-order valence-corrected chi connectivity index (χ0v) is 16.1. The van der Waals surface area contributed by atoms with Crippen LogP contribution in [-0.2, 0) is 17.1 Å². The van der Waals surface area contributed by atoms with E-state index in [0.29, 0.717) is 11.8 Å². The van der Waals surface area contributed by atoms with Crippen molar-refractivity contribution < 1.29 is 4.74 Å². The van der Waals surface area contributed by atoms with E-state index in [0.717, 1.165) is 29.9 Å². The van der Waals surface area contributed by atoms with Gasteiger partial charge in [0.1, 0.15) is 0 Å². The van der Waals surface area contributed by atoms with E-state index in [1.165, 1.54) is 30.2 Å². The lowest BCUT2D eigenvalue weighted by Gasteiger charge is -2.06. The molecule has 2 rings (SSSR count). The van der Waals surface area contributed by atoms with Gasteiger partial charge in [-0.1, -0.05) is 86.1 Å². The van der Waals surface area contributed by atoms with Gasteiger partial charge in [-0.05, 0) is 17.5 Å². The summed E-state index contributed by atoms with van der Waals surface area (Å²) < 4.78 is 5.75. The summed E-state index contributed by atoms with van der Waals surface area (Å²) in [6, 6.07) is 18.2. The van der Waals surface area contributed by atoms with Crippen molar-refractivity contribution in [2.45, 2.75) is 38.5 Å². The largest absolute Gasteiger partial charge is 0.377 e. The lowest BCUT2D eigenvalue weighted by Crippen LogP contribution is -2.06. The van der Waals surface area contributed by atoms with Crippen molar-refractivity contribution in [2.24, 2.45) is 15.9 Å². The fourth-order valence-corrected chi connectivity index (χ4v) is 2.95. The molecule has 5 heteroatoms. The topological polar surface area (TPSA) is 60.0 Å². The van der Waals surface area contributed by atoms with E-state index in [2.05, 4.69) is 35.3 Å². The molecule has 0 fully saturated rings. The van der Waals surface area contributed by atoms with Crippen LogP contribution in [0.25, 0.3) is 0 Å². The molecule has 0 aliphatic heterocycles. The van der Waals surface area contributed by atoms with Gasteiger partial charge in [0.15, 0.2) is 5.17 Å². The number of thioether (sulfide) groups is 1. The molecule has 26 heavy (non-hydrogen) atoms. The smallest absolute Gasteiger partial charge is 0.180 e. The summed E-state index contributed by atoms with van der Waals surface area (Å²) in [7, 11) is 0. The van der Waals surface area contributed by atoms with Crippen molar-refractivity contribution in [3.63, 3.8) is 0 Å². The van der Waals surface area contributed by atoms with E-state index in [1.807, 2.05) is 36.4 Å². The Balaban J connectivity index is 1.84. The monoisotopic (exact) mass is 369 g/mol. The van der Waals surface area contributed by atoms with E-state index in [-0.39, 0.29) is 0 Å². The fourth-order valence-electron chi connectivity index (χ4n) is 2.34. The molecule has 4 nitrogen and oxygen atoms in total. The first-order valence-corrected chi connectivity index (χ1v) is 9.97. The highest BCUT2D eigenvalue weighted by molar-refractivity contribution is 8.13. The number of amidine groups is 1. The summed E-state index contributed by atoms with van der Waals surface area (Å²) in [5.74, 6) is 0.786. The maximum atomic E-state index is 5.92. The second kappa shape index (κ2) is 12.3. The Kier molecular flexibility index (Phi) is 9.54. The Labute approximate surface area is 160 Å². The Bertz CT molecular complexity index is 701. The Morgan fingerprint density at radius 3 is 2.65 bits per heavy atom. The van der Waals surface area contributed by atoms with Gasteiger partial charge in [-0.25, -0.2) is 0 Å². The van der Waals surface area contributed by atoms with E-state index >= 15 is 0 Å². The van der Waals surface area contributed by atoms with E-state index in [9.17, 15) is 0 Å². The molecule has 0 aliphatic carbocycles. The van der Waals surface area contributed by atoms with Crippen LogP contribution < -0.4 is 5.73 Å². The molecule has 0 saturated heterocycles. The number of rotatable bonds is 10. The molecule has 138 valence electrons. The number of ether oxygens (including phenoxy) is 1. The number of hydrogen-bond acceptors (Lipinski definition) is 4. The first-order valence-electron chi connectivity index (χ1n) is 8.98. The first kappa shape index (κ1) is 20.2. The molecule has 0 spiro atoms. The summed E-state index contributed by atoms with van der Waals surface area (Å²) >= 11 is 1.48. The molecule has 2 N–H and O–H groups in total. The summed E-state index contributed by atoms with van der Waals surface area (Å²) in [5, 5.41) is 8.67. The lowest BCUT2D eigenvalue weighted by atomic mass is 10.1. The third-order valence-corrected chi connectivity index (χ3v) is 4.64. The van der Waals surface area contributed by atoms with Crippen LogP contribution in [0.5, 0.6) is 0 Å². The zero-order chi connectivity index (χ0) is 18.5. The molecule has 2 aromatic rings. The van der Waals surface area contributed by atoms with Crippen molar-refractivity contribution in [1.29, 1.82) is 0 Å². The number of unbranched alkanes of at least 4 members (excludes halogenated alkanes) is 2. The summed E-state index contributed by atoms with van der Waals surface area (Å²) in [5.41, 5.74) is 9.25. The molecule has 0 saturated carbocycles. The highest BCUT2D eigenvalue weighted by atomic mass is 32.2. The third kappa shape index (κ3) is 7.85. The van der Waals surface area contributed by atoms with Crippen molar-refractivity contribution in [1.82, 2.24) is 0 Å². The summed E-state index contributed by atoms with van der Waals surface area (Å²) in [6.45, 7) is 3.57. The fraction of sp³-hybridized carbons (Fsp3) is 0.333. The molecule has 0 heterocycles. The highest BCUT2D eigenvalue weighted by Gasteiger charge is 2.00. The Morgan fingerprint density at radius 2 is 1.85 bits per heavy atom. The second-order valence-electron chi connectivity index (χ2n) is 5.92. The molecular formula is C21H27N3OS. The van der Waals surface area contributed by atoms with Crippen LogP contribution in [0.2, 0.25) is 0 Å². The molecule has 0 amide bonds. The minimum absolute atomic E-state index is 0.457. The highest BCUT2D eigenvalue weighted by Crippen LogP contribution is 2.12. The summed E-state index contributed by atoms with van der Waals surface area (Å²) in [4.78, 5) is 0. The van der Waals surface area contributed by atoms with Crippen LogP contribution in [0.4, 0.5) is 0 Å². The third-order valence-electron chi connectivity index (χ3n) is 3.79. The van der Waals surface area contributed by atoms with Gasteiger partial charge in [0.2, 0.25) is 0 Å². The molecule has 0 atom stereocenters. The van der Waals surface area contributed by atoms with Gasteiger partial charge < -0.3 is 10.5 Å². The second-order valence-corrected chi connectivity index (χ2v) is 6.91. The van der Waals surface area contributed by atoms with Gasteiger partial charge in [0, 0.05) is 17.9 Å². The maximum absolute atomic E-state index is 5.92. The van der Waals surface area contributed by atoms with Crippen LogP contribution in [0.15, 0.2) is 64.8 Å². The molecular weight excluding hydrogens is 342 g/mol. The Morgan fingerprint density at radius 1 is 1.08 bits per heavy atom. The number of benzene rings is 2. The maximum Gasteiger partial charge on any atom is 0.180 e. The van der Waals surface area contributed by atoms with Gasteiger partial charge in [0.05, 0.1) is 12.8 Å².